The van der Waals surface area contributed by atoms with Crippen LogP contribution < -0.4 is 10.2 Å². The summed E-state index contributed by atoms with van der Waals surface area (Å²) < 4.78 is 0. The van der Waals surface area contributed by atoms with Gasteiger partial charge in [0.25, 0.3) is 0 Å². The van der Waals surface area contributed by atoms with E-state index in [4.69, 9.17) is 0 Å². The van der Waals surface area contributed by atoms with Gasteiger partial charge in [0.2, 0.25) is 0 Å². The highest BCUT2D eigenvalue weighted by Crippen LogP contribution is 2.32. The summed E-state index contributed by atoms with van der Waals surface area (Å²) in [5.41, 5.74) is 2.12. The second kappa shape index (κ2) is 4.49. The van der Waals surface area contributed by atoms with Crippen molar-refractivity contribution in [2.45, 2.75) is 12.8 Å². The second-order valence-electron chi connectivity index (χ2n) is 4.92. The molecule has 17 heavy (non-hydrogen) atoms. The van der Waals surface area contributed by atoms with E-state index in [9.17, 15) is 4.79 Å². The number of carbonyl (C=O) groups excluding carboxylic acids is 1. The average Bonchev–Trinajstić information content (AvgIpc) is 3.24. The number of hydrogen-bond acceptors (Lipinski definition) is 3. The molecule has 0 atom stereocenters. The Bertz CT molecular complexity index is 403. The first-order valence-electron chi connectivity index (χ1n) is 6.44. The van der Waals surface area contributed by atoms with Crippen molar-refractivity contribution < 1.29 is 4.79 Å². The van der Waals surface area contributed by atoms with Crippen LogP contribution in [0.25, 0.3) is 0 Å². The van der Waals surface area contributed by atoms with E-state index >= 15 is 0 Å². The quantitative estimate of drug-likeness (QED) is 0.802. The molecule has 90 valence electrons. The third-order valence-corrected chi connectivity index (χ3v) is 3.58. The molecule has 1 saturated heterocycles. The molecule has 1 aliphatic heterocycles. The zero-order valence-electron chi connectivity index (χ0n) is 9.98. The van der Waals surface area contributed by atoms with Crippen molar-refractivity contribution in [3.63, 3.8) is 0 Å². The molecule has 1 saturated carbocycles. The highest BCUT2D eigenvalue weighted by molar-refractivity contribution is 5.99. The number of rotatable bonds is 3. The molecule has 1 aromatic carbocycles. The maximum absolute atomic E-state index is 11.9. The van der Waals surface area contributed by atoms with Crippen LogP contribution >= 0.6 is 0 Å². The van der Waals surface area contributed by atoms with Crippen LogP contribution in [-0.4, -0.2) is 32.0 Å². The van der Waals surface area contributed by atoms with E-state index in [2.05, 4.69) is 22.3 Å². The number of hydrogen-bond donors (Lipinski definition) is 1. The monoisotopic (exact) mass is 230 g/mol. The number of ketones is 1. The van der Waals surface area contributed by atoms with Crippen LogP contribution in [0.5, 0.6) is 0 Å². The van der Waals surface area contributed by atoms with E-state index in [0.29, 0.717) is 11.7 Å². The van der Waals surface area contributed by atoms with E-state index < -0.39 is 0 Å². The minimum atomic E-state index is 0.319. The van der Waals surface area contributed by atoms with E-state index in [1.165, 1.54) is 5.69 Å². The molecule has 0 aromatic heterocycles. The van der Waals surface area contributed by atoms with Crippen molar-refractivity contribution in [2.75, 3.05) is 31.1 Å². The third kappa shape index (κ3) is 2.34. The SMILES string of the molecule is O=C(c1ccc(N2CCNCC2)cc1)C1CC1. The summed E-state index contributed by atoms with van der Waals surface area (Å²) >= 11 is 0. The van der Waals surface area contributed by atoms with Gasteiger partial charge in [0.15, 0.2) is 5.78 Å². The Hall–Kier alpha value is -1.35. The molecule has 0 amide bonds. The van der Waals surface area contributed by atoms with Crippen LogP contribution in [0.2, 0.25) is 0 Å². The van der Waals surface area contributed by atoms with Gasteiger partial charge in [-0.25, -0.2) is 0 Å². The lowest BCUT2D eigenvalue weighted by molar-refractivity contribution is 0.0967. The molecular formula is C14H18N2O. The molecule has 3 nitrogen and oxygen atoms in total. The van der Waals surface area contributed by atoms with Crippen molar-refractivity contribution in [2.24, 2.45) is 5.92 Å². The molecule has 1 N–H and O–H groups in total. The molecule has 0 radical (unpaired) electrons. The Labute approximate surface area is 102 Å². The number of carbonyl (C=O) groups is 1. The lowest BCUT2D eigenvalue weighted by Crippen LogP contribution is -2.43. The maximum Gasteiger partial charge on any atom is 0.165 e. The zero-order chi connectivity index (χ0) is 11.7. The molecule has 1 aromatic rings. The first-order chi connectivity index (χ1) is 8.34. The Kier molecular flexibility index (Phi) is 2.85. The minimum absolute atomic E-state index is 0.319. The van der Waals surface area contributed by atoms with Gasteiger partial charge < -0.3 is 10.2 Å². The molecule has 0 bridgehead atoms. The molecule has 3 heteroatoms. The van der Waals surface area contributed by atoms with E-state index in [1.807, 2.05) is 12.1 Å². The highest BCUT2D eigenvalue weighted by Gasteiger charge is 2.30. The molecule has 1 heterocycles. The van der Waals surface area contributed by atoms with Crippen molar-refractivity contribution >= 4 is 11.5 Å². The van der Waals surface area contributed by atoms with Crippen molar-refractivity contribution in [3.8, 4) is 0 Å². The Balaban J connectivity index is 1.72. The fraction of sp³-hybridized carbons (Fsp3) is 0.500. The lowest BCUT2D eigenvalue weighted by atomic mass is 10.1. The second-order valence-corrected chi connectivity index (χ2v) is 4.92. The largest absolute Gasteiger partial charge is 0.369 e. The third-order valence-electron chi connectivity index (χ3n) is 3.58. The molecule has 0 unspecified atom stereocenters. The Morgan fingerprint density at radius 3 is 2.35 bits per heavy atom. The summed E-state index contributed by atoms with van der Waals surface area (Å²) in [5, 5.41) is 3.34. The van der Waals surface area contributed by atoms with Crippen molar-refractivity contribution in [1.29, 1.82) is 0 Å². The summed E-state index contributed by atoms with van der Waals surface area (Å²) in [6.45, 7) is 4.19. The predicted molar refractivity (Wildman–Crippen MR) is 68.6 cm³/mol. The summed E-state index contributed by atoms with van der Waals surface area (Å²) in [6, 6.07) is 8.14. The predicted octanol–water partition coefficient (Wildman–Crippen LogP) is 1.69. The summed E-state index contributed by atoms with van der Waals surface area (Å²) in [6.07, 6.45) is 2.16. The minimum Gasteiger partial charge on any atom is -0.369 e. The van der Waals surface area contributed by atoms with Gasteiger partial charge in [0.05, 0.1) is 0 Å². The van der Waals surface area contributed by atoms with Gasteiger partial charge in [-0.05, 0) is 37.1 Å². The standard InChI is InChI=1S/C14H18N2O/c17-14(11-1-2-11)12-3-5-13(6-4-12)16-9-7-15-8-10-16/h3-6,11,15H,1-2,7-10H2. The number of Topliss-reactive ketones (excluding diaryl/α,β-unsaturated/α-hetero) is 1. The molecular weight excluding hydrogens is 212 g/mol. The number of anilines is 1. The molecule has 2 fully saturated rings. The number of nitrogens with zero attached hydrogens (tertiary/aromatic N) is 1. The van der Waals surface area contributed by atoms with Gasteiger partial charge in [0, 0.05) is 43.3 Å². The van der Waals surface area contributed by atoms with Gasteiger partial charge in [0.1, 0.15) is 0 Å². The maximum atomic E-state index is 11.9. The first-order valence-corrected chi connectivity index (χ1v) is 6.44. The van der Waals surface area contributed by atoms with Gasteiger partial charge in [-0.1, -0.05) is 0 Å². The van der Waals surface area contributed by atoms with Gasteiger partial charge in [-0.15, -0.1) is 0 Å². The fourth-order valence-corrected chi connectivity index (χ4v) is 2.34. The van der Waals surface area contributed by atoms with Crippen molar-refractivity contribution in [3.05, 3.63) is 29.8 Å². The Morgan fingerprint density at radius 2 is 1.76 bits per heavy atom. The molecule has 0 spiro atoms. The van der Waals surface area contributed by atoms with Gasteiger partial charge in [-0.2, -0.15) is 0 Å². The normalized spacial score (nSPS) is 20.4. The van der Waals surface area contributed by atoms with Crippen LogP contribution in [0.4, 0.5) is 5.69 Å². The summed E-state index contributed by atoms with van der Waals surface area (Å²) in [5.74, 6) is 0.650. The van der Waals surface area contributed by atoms with Crippen LogP contribution in [-0.2, 0) is 0 Å². The number of nitrogens with one attached hydrogen (secondary N) is 1. The number of benzene rings is 1. The molecule has 2 aliphatic rings. The fourth-order valence-electron chi connectivity index (χ4n) is 2.34. The number of piperazine rings is 1. The van der Waals surface area contributed by atoms with Crippen LogP contribution in [0.3, 0.4) is 0 Å². The van der Waals surface area contributed by atoms with Gasteiger partial charge in [-0.3, -0.25) is 4.79 Å². The highest BCUT2D eigenvalue weighted by atomic mass is 16.1. The lowest BCUT2D eigenvalue weighted by Gasteiger charge is -2.29. The first kappa shape index (κ1) is 10.8. The van der Waals surface area contributed by atoms with Gasteiger partial charge >= 0.3 is 0 Å². The summed E-state index contributed by atoms with van der Waals surface area (Å²) in [7, 11) is 0. The van der Waals surface area contributed by atoms with E-state index in [-0.39, 0.29) is 0 Å². The average molecular weight is 230 g/mol. The van der Waals surface area contributed by atoms with Crippen LogP contribution in [0, 0.1) is 5.92 Å². The molecule has 3 rings (SSSR count). The summed E-state index contributed by atoms with van der Waals surface area (Å²) in [4.78, 5) is 14.2. The molecule has 1 aliphatic carbocycles. The Morgan fingerprint density at radius 1 is 1.12 bits per heavy atom. The van der Waals surface area contributed by atoms with E-state index in [0.717, 1.165) is 44.6 Å². The zero-order valence-corrected chi connectivity index (χ0v) is 9.98. The van der Waals surface area contributed by atoms with Crippen LogP contribution in [0.15, 0.2) is 24.3 Å². The van der Waals surface area contributed by atoms with Crippen molar-refractivity contribution in [1.82, 2.24) is 5.32 Å². The van der Waals surface area contributed by atoms with Crippen LogP contribution in [0.1, 0.15) is 23.2 Å². The topological polar surface area (TPSA) is 32.3 Å². The van der Waals surface area contributed by atoms with E-state index in [1.54, 1.807) is 0 Å². The smallest absolute Gasteiger partial charge is 0.165 e.